The Balaban J connectivity index is 1.72. The number of H-pyrrole nitrogens is 1. The van der Waals surface area contributed by atoms with Crippen molar-refractivity contribution in [3.8, 4) is 22.8 Å². The molecule has 0 bridgehead atoms. The lowest BCUT2D eigenvalue weighted by Gasteiger charge is -2.54. The Bertz CT molecular complexity index is 1150. The summed E-state index contributed by atoms with van der Waals surface area (Å²) in [6, 6.07) is 13.2. The molecule has 1 saturated heterocycles. The highest BCUT2D eigenvalue weighted by Gasteiger charge is 2.42. The summed E-state index contributed by atoms with van der Waals surface area (Å²) in [7, 11) is 5.65. The normalized spacial score (nSPS) is 18.5. The fourth-order valence-corrected chi connectivity index (χ4v) is 6.26. The third kappa shape index (κ3) is 4.45. The van der Waals surface area contributed by atoms with Crippen molar-refractivity contribution in [3.05, 3.63) is 47.5 Å². The fraction of sp³-hybridized carbons (Fsp3) is 0.533. The van der Waals surface area contributed by atoms with Crippen molar-refractivity contribution >= 4 is 10.9 Å². The molecule has 4 rings (SSSR count). The van der Waals surface area contributed by atoms with E-state index in [0.717, 1.165) is 23.5 Å². The van der Waals surface area contributed by atoms with Crippen LogP contribution in [-0.2, 0) is 6.42 Å². The SMILES string of the molecule is COc1ccc(-c2[nH]c3ccc(CC4CC(C)(C)N(C)C(C)(C)C4)cc3c2C(C)C)cc1OC. The van der Waals surface area contributed by atoms with Crippen LogP contribution in [0.4, 0.5) is 0 Å². The van der Waals surface area contributed by atoms with Crippen LogP contribution in [0.15, 0.2) is 36.4 Å². The Morgan fingerprint density at radius 2 is 1.59 bits per heavy atom. The van der Waals surface area contributed by atoms with Crippen LogP contribution in [0.1, 0.15) is 71.4 Å². The number of piperidine rings is 1. The van der Waals surface area contributed by atoms with Crippen LogP contribution in [0.5, 0.6) is 11.5 Å². The van der Waals surface area contributed by atoms with Gasteiger partial charge in [-0.2, -0.15) is 0 Å². The predicted octanol–water partition coefficient (Wildman–Crippen LogP) is 7.42. The molecule has 0 atom stereocenters. The van der Waals surface area contributed by atoms with Gasteiger partial charge in [-0.15, -0.1) is 0 Å². The summed E-state index contributed by atoms with van der Waals surface area (Å²) in [5.41, 5.74) is 6.73. The van der Waals surface area contributed by atoms with Gasteiger partial charge in [-0.1, -0.05) is 19.9 Å². The van der Waals surface area contributed by atoms with E-state index < -0.39 is 0 Å². The smallest absolute Gasteiger partial charge is 0.161 e. The minimum atomic E-state index is 0.217. The highest BCUT2D eigenvalue weighted by Crippen LogP contribution is 2.43. The summed E-state index contributed by atoms with van der Waals surface area (Å²) in [6.07, 6.45) is 3.59. The number of aromatic amines is 1. The standard InChI is InChI=1S/C30H42N2O2/c1-19(2)27-23-15-20(14-21-17-29(3,4)32(7)30(5,6)18-21)10-12-24(23)31-28(27)22-11-13-25(33-8)26(16-22)34-9/h10-13,15-16,19,21,31H,14,17-18H2,1-9H3. The number of hydrogen-bond acceptors (Lipinski definition) is 3. The molecule has 0 aliphatic carbocycles. The maximum atomic E-state index is 5.58. The molecule has 0 amide bonds. The molecule has 1 aliphatic rings. The molecule has 34 heavy (non-hydrogen) atoms. The summed E-state index contributed by atoms with van der Waals surface area (Å²) < 4.78 is 11.0. The van der Waals surface area contributed by atoms with Crippen LogP contribution in [0, 0.1) is 5.92 Å². The van der Waals surface area contributed by atoms with Crippen molar-refractivity contribution in [1.29, 1.82) is 0 Å². The highest BCUT2D eigenvalue weighted by atomic mass is 16.5. The molecule has 2 aromatic carbocycles. The zero-order valence-electron chi connectivity index (χ0n) is 22.5. The van der Waals surface area contributed by atoms with Gasteiger partial charge in [0.15, 0.2) is 11.5 Å². The summed E-state index contributed by atoms with van der Waals surface area (Å²) in [6.45, 7) is 14.1. The van der Waals surface area contributed by atoms with Crippen molar-refractivity contribution in [2.24, 2.45) is 5.92 Å². The first-order valence-corrected chi connectivity index (χ1v) is 12.6. The van der Waals surface area contributed by atoms with Gasteiger partial charge in [0.1, 0.15) is 0 Å². The number of hydrogen-bond donors (Lipinski definition) is 1. The van der Waals surface area contributed by atoms with Crippen LogP contribution in [0.2, 0.25) is 0 Å². The average molecular weight is 463 g/mol. The van der Waals surface area contributed by atoms with Gasteiger partial charge in [-0.05, 0) is 107 Å². The Morgan fingerprint density at radius 3 is 2.18 bits per heavy atom. The average Bonchev–Trinajstić information content (AvgIpc) is 3.15. The van der Waals surface area contributed by atoms with Crippen LogP contribution in [-0.4, -0.2) is 42.2 Å². The van der Waals surface area contributed by atoms with E-state index >= 15 is 0 Å². The number of likely N-dealkylation sites (tertiary alicyclic amines) is 1. The number of nitrogens with one attached hydrogen (secondary N) is 1. The monoisotopic (exact) mass is 462 g/mol. The molecule has 1 aromatic heterocycles. The second-order valence-corrected chi connectivity index (χ2v) is 11.7. The number of benzene rings is 2. The van der Waals surface area contributed by atoms with Crippen molar-refractivity contribution in [3.63, 3.8) is 0 Å². The van der Waals surface area contributed by atoms with E-state index in [4.69, 9.17) is 9.47 Å². The van der Waals surface area contributed by atoms with E-state index in [1.807, 2.05) is 6.07 Å². The zero-order valence-corrected chi connectivity index (χ0v) is 22.5. The van der Waals surface area contributed by atoms with Gasteiger partial charge in [0, 0.05) is 27.5 Å². The molecule has 1 N–H and O–H groups in total. The molecule has 4 nitrogen and oxygen atoms in total. The molecule has 184 valence electrons. The molecule has 0 unspecified atom stereocenters. The van der Waals surface area contributed by atoms with Crippen molar-refractivity contribution in [2.45, 2.75) is 77.8 Å². The fourth-order valence-electron chi connectivity index (χ4n) is 6.26. The number of ether oxygens (including phenoxy) is 2. The molecule has 1 aliphatic heterocycles. The van der Waals surface area contributed by atoms with Gasteiger partial charge < -0.3 is 14.5 Å². The molecule has 0 saturated carbocycles. The first kappa shape index (κ1) is 24.7. The van der Waals surface area contributed by atoms with E-state index in [-0.39, 0.29) is 11.1 Å². The Kier molecular flexibility index (Phi) is 6.50. The number of methoxy groups -OCH3 is 2. The lowest BCUT2D eigenvalue weighted by atomic mass is 9.72. The van der Waals surface area contributed by atoms with E-state index in [9.17, 15) is 0 Å². The maximum Gasteiger partial charge on any atom is 0.161 e. The van der Waals surface area contributed by atoms with E-state index in [1.165, 1.54) is 40.6 Å². The topological polar surface area (TPSA) is 37.5 Å². The minimum absolute atomic E-state index is 0.217. The maximum absolute atomic E-state index is 5.58. The van der Waals surface area contributed by atoms with E-state index in [0.29, 0.717) is 11.8 Å². The summed E-state index contributed by atoms with van der Waals surface area (Å²) in [4.78, 5) is 6.28. The molecular formula is C30H42N2O2. The van der Waals surface area contributed by atoms with Gasteiger partial charge in [0.25, 0.3) is 0 Å². The Morgan fingerprint density at radius 1 is 0.941 bits per heavy atom. The lowest BCUT2D eigenvalue weighted by Crippen LogP contribution is -2.58. The van der Waals surface area contributed by atoms with Gasteiger partial charge in [-0.25, -0.2) is 0 Å². The van der Waals surface area contributed by atoms with Crippen LogP contribution >= 0.6 is 0 Å². The van der Waals surface area contributed by atoms with Crippen LogP contribution in [0.3, 0.4) is 0 Å². The van der Waals surface area contributed by atoms with Crippen molar-refractivity contribution in [2.75, 3.05) is 21.3 Å². The number of fused-ring (bicyclic) bond motifs is 1. The second kappa shape index (κ2) is 8.96. The summed E-state index contributed by atoms with van der Waals surface area (Å²) in [5.74, 6) is 2.58. The Labute approximate surface area is 205 Å². The Hall–Kier alpha value is -2.46. The van der Waals surface area contributed by atoms with Crippen LogP contribution < -0.4 is 9.47 Å². The number of rotatable bonds is 6. The second-order valence-electron chi connectivity index (χ2n) is 11.7. The number of aromatic nitrogens is 1. The van der Waals surface area contributed by atoms with Crippen molar-refractivity contribution in [1.82, 2.24) is 9.88 Å². The molecule has 4 heteroatoms. The zero-order chi connectivity index (χ0) is 24.8. The largest absolute Gasteiger partial charge is 0.493 e. The van der Waals surface area contributed by atoms with Crippen molar-refractivity contribution < 1.29 is 9.47 Å². The summed E-state index contributed by atoms with van der Waals surface area (Å²) in [5, 5.41) is 1.34. The van der Waals surface area contributed by atoms with Gasteiger partial charge in [0.05, 0.1) is 19.9 Å². The molecule has 0 radical (unpaired) electrons. The van der Waals surface area contributed by atoms with Gasteiger partial charge in [-0.3, -0.25) is 4.90 Å². The highest BCUT2D eigenvalue weighted by molar-refractivity contribution is 5.92. The van der Waals surface area contributed by atoms with E-state index in [1.54, 1.807) is 14.2 Å². The van der Waals surface area contributed by atoms with E-state index in [2.05, 4.69) is 88.8 Å². The third-order valence-electron chi connectivity index (χ3n) is 8.07. The molecule has 2 heterocycles. The molecular weight excluding hydrogens is 420 g/mol. The van der Waals surface area contributed by atoms with Gasteiger partial charge in [0.2, 0.25) is 0 Å². The lowest BCUT2D eigenvalue weighted by molar-refractivity contribution is -0.0296. The summed E-state index contributed by atoms with van der Waals surface area (Å²) >= 11 is 0. The van der Waals surface area contributed by atoms with Crippen LogP contribution in [0.25, 0.3) is 22.2 Å². The molecule has 3 aromatic rings. The minimum Gasteiger partial charge on any atom is -0.493 e. The number of nitrogens with zero attached hydrogens (tertiary/aromatic N) is 1. The molecule has 0 spiro atoms. The molecule has 1 fully saturated rings. The third-order valence-corrected chi connectivity index (χ3v) is 8.07. The quantitative estimate of drug-likeness (QED) is 0.414. The predicted molar refractivity (Wildman–Crippen MR) is 143 cm³/mol. The van der Waals surface area contributed by atoms with Gasteiger partial charge >= 0.3 is 0 Å². The first-order chi connectivity index (χ1) is 16.0. The first-order valence-electron chi connectivity index (χ1n) is 12.6.